The van der Waals surface area contributed by atoms with Gasteiger partial charge in [-0.2, -0.15) is 0 Å². The van der Waals surface area contributed by atoms with E-state index in [1.165, 1.54) is 11.3 Å². The predicted octanol–water partition coefficient (Wildman–Crippen LogP) is 5.45. The van der Waals surface area contributed by atoms with E-state index >= 15 is 0 Å². The van der Waals surface area contributed by atoms with Gasteiger partial charge in [0.1, 0.15) is 5.82 Å². The van der Waals surface area contributed by atoms with Gasteiger partial charge in [-0.15, -0.1) is 0 Å². The third-order valence-electron chi connectivity index (χ3n) is 6.48. The lowest BCUT2D eigenvalue weighted by Gasteiger charge is -2.37. The average molecular weight is 471 g/mol. The topological polar surface area (TPSA) is 48.5 Å². The number of benzene rings is 3. The van der Waals surface area contributed by atoms with E-state index in [-0.39, 0.29) is 5.91 Å². The smallest absolute Gasteiger partial charge is 0.251 e. The minimum atomic E-state index is -0.0764. The highest BCUT2D eigenvalue weighted by molar-refractivity contribution is 6.30. The van der Waals surface area contributed by atoms with Gasteiger partial charge in [0.25, 0.3) is 5.91 Å². The first-order valence-corrected chi connectivity index (χ1v) is 11.9. The number of halogens is 1. The maximum Gasteiger partial charge on any atom is 0.251 e. The lowest BCUT2D eigenvalue weighted by Crippen LogP contribution is -2.46. The Morgan fingerprint density at radius 3 is 2.44 bits per heavy atom. The summed E-state index contributed by atoms with van der Waals surface area (Å²) < 4.78 is 0. The summed E-state index contributed by atoms with van der Waals surface area (Å²) in [6.45, 7) is 6.09. The quantitative estimate of drug-likeness (QED) is 0.421. The highest BCUT2D eigenvalue weighted by Crippen LogP contribution is 2.28. The third kappa shape index (κ3) is 4.70. The van der Waals surface area contributed by atoms with Crippen LogP contribution in [0.4, 0.5) is 11.5 Å². The van der Waals surface area contributed by atoms with Crippen LogP contribution in [-0.2, 0) is 6.54 Å². The van der Waals surface area contributed by atoms with Crippen LogP contribution in [0.3, 0.4) is 0 Å². The zero-order valence-corrected chi connectivity index (χ0v) is 19.9. The van der Waals surface area contributed by atoms with Gasteiger partial charge in [0.2, 0.25) is 0 Å². The second-order valence-electron chi connectivity index (χ2n) is 8.63. The summed E-state index contributed by atoms with van der Waals surface area (Å²) in [6.07, 6.45) is 1.85. The molecule has 0 unspecified atom stereocenters. The van der Waals surface area contributed by atoms with Crippen molar-refractivity contribution in [3.8, 4) is 0 Å². The van der Waals surface area contributed by atoms with Crippen LogP contribution in [-0.4, -0.2) is 37.1 Å². The van der Waals surface area contributed by atoms with Gasteiger partial charge < -0.3 is 15.1 Å². The van der Waals surface area contributed by atoms with E-state index in [0.717, 1.165) is 53.4 Å². The molecule has 172 valence electrons. The average Bonchev–Trinajstić information content (AvgIpc) is 2.88. The van der Waals surface area contributed by atoms with E-state index in [2.05, 4.69) is 40.2 Å². The molecule has 0 atom stereocenters. The molecule has 4 aromatic rings. The van der Waals surface area contributed by atoms with Crippen LogP contribution in [0.1, 0.15) is 21.5 Å². The van der Waals surface area contributed by atoms with Crippen molar-refractivity contribution in [3.05, 3.63) is 101 Å². The Morgan fingerprint density at radius 2 is 1.68 bits per heavy atom. The summed E-state index contributed by atoms with van der Waals surface area (Å²) in [5.74, 6) is 0.856. The van der Waals surface area contributed by atoms with Crippen LogP contribution in [0.2, 0.25) is 5.02 Å². The number of aryl methyl sites for hydroxylation is 1. The fourth-order valence-corrected chi connectivity index (χ4v) is 4.59. The highest BCUT2D eigenvalue weighted by atomic mass is 35.5. The first kappa shape index (κ1) is 22.2. The van der Waals surface area contributed by atoms with Crippen molar-refractivity contribution in [1.29, 1.82) is 0 Å². The molecule has 2 heterocycles. The van der Waals surface area contributed by atoms with Crippen molar-refractivity contribution in [3.63, 3.8) is 0 Å². The number of fused-ring (bicyclic) bond motifs is 1. The first-order valence-electron chi connectivity index (χ1n) is 11.6. The number of amides is 1. The van der Waals surface area contributed by atoms with E-state index in [0.29, 0.717) is 12.1 Å². The summed E-state index contributed by atoms with van der Waals surface area (Å²) in [5.41, 5.74) is 4.13. The number of aromatic nitrogens is 1. The molecular weight excluding hydrogens is 444 g/mol. The SMILES string of the molecule is Cc1ccccc1CNC(=O)c1ccc2ccnc(N3CCN(c4ccc(Cl)cc4)CC3)c2c1. The molecule has 3 aromatic carbocycles. The molecular formula is C28H27ClN4O. The number of carbonyl (C=O) groups is 1. The predicted molar refractivity (Wildman–Crippen MR) is 140 cm³/mol. The number of piperazine rings is 1. The van der Waals surface area contributed by atoms with Gasteiger partial charge in [0, 0.05) is 60.6 Å². The van der Waals surface area contributed by atoms with Gasteiger partial charge in [-0.1, -0.05) is 41.9 Å². The van der Waals surface area contributed by atoms with Crippen LogP contribution >= 0.6 is 11.6 Å². The number of pyridine rings is 1. The number of nitrogens with zero attached hydrogens (tertiary/aromatic N) is 3. The number of nitrogens with one attached hydrogen (secondary N) is 1. The zero-order valence-electron chi connectivity index (χ0n) is 19.2. The zero-order chi connectivity index (χ0) is 23.5. The second kappa shape index (κ2) is 9.74. The summed E-state index contributed by atoms with van der Waals surface area (Å²) in [6, 6.07) is 24.0. The van der Waals surface area contributed by atoms with Gasteiger partial charge in [-0.05, 0) is 65.9 Å². The number of rotatable bonds is 5. The summed E-state index contributed by atoms with van der Waals surface area (Å²) in [4.78, 5) is 22.3. The van der Waals surface area contributed by atoms with E-state index in [4.69, 9.17) is 16.6 Å². The fraction of sp³-hybridized carbons (Fsp3) is 0.214. The van der Waals surface area contributed by atoms with Gasteiger partial charge in [-0.25, -0.2) is 4.98 Å². The van der Waals surface area contributed by atoms with E-state index in [9.17, 15) is 4.79 Å². The molecule has 5 rings (SSSR count). The normalized spacial score (nSPS) is 13.8. The summed E-state index contributed by atoms with van der Waals surface area (Å²) in [5, 5.41) is 5.90. The van der Waals surface area contributed by atoms with Crippen molar-refractivity contribution >= 4 is 39.8 Å². The minimum absolute atomic E-state index is 0.0764. The summed E-state index contributed by atoms with van der Waals surface area (Å²) in [7, 11) is 0. The molecule has 6 heteroatoms. The number of carbonyl (C=O) groups excluding carboxylic acids is 1. The molecule has 34 heavy (non-hydrogen) atoms. The lowest BCUT2D eigenvalue weighted by atomic mass is 10.1. The number of hydrogen-bond acceptors (Lipinski definition) is 4. The van der Waals surface area contributed by atoms with Crippen LogP contribution in [0.5, 0.6) is 0 Å². The molecule has 1 saturated heterocycles. The highest BCUT2D eigenvalue weighted by Gasteiger charge is 2.20. The molecule has 1 aliphatic rings. The van der Waals surface area contributed by atoms with Crippen LogP contribution in [0.25, 0.3) is 10.8 Å². The van der Waals surface area contributed by atoms with E-state index in [1.807, 2.05) is 60.8 Å². The standard InChI is InChI=1S/C28H27ClN4O/c1-20-4-2-3-5-23(20)19-31-28(34)22-7-6-21-12-13-30-27(26(21)18-22)33-16-14-32(15-17-33)25-10-8-24(29)9-11-25/h2-13,18H,14-17,19H2,1H3,(H,31,34). The Labute approximate surface area is 205 Å². The molecule has 1 aromatic heterocycles. The van der Waals surface area contributed by atoms with Crippen molar-refractivity contribution < 1.29 is 4.79 Å². The Hall–Kier alpha value is -3.57. The van der Waals surface area contributed by atoms with Crippen LogP contribution in [0, 0.1) is 6.92 Å². The third-order valence-corrected chi connectivity index (χ3v) is 6.73. The maximum absolute atomic E-state index is 12.9. The Balaban J connectivity index is 1.32. The first-order chi connectivity index (χ1) is 16.6. The second-order valence-corrected chi connectivity index (χ2v) is 9.07. The van der Waals surface area contributed by atoms with Crippen molar-refractivity contribution in [1.82, 2.24) is 10.3 Å². The molecule has 1 fully saturated rings. The monoisotopic (exact) mass is 470 g/mol. The van der Waals surface area contributed by atoms with Gasteiger partial charge in [0.05, 0.1) is 0 Å². The van der Waals surface area contributed by atoms with Gasteiger partial charge in [-0.3, -0.25) is 4.79 Å². The lowest BCUT2D eigenvalue weighted by molar-refractivity contribution is 0.0951. The van der Waals surface area contributed by atoms with E-state index < -0.39 is 0 Å². The summed E-state index contributed by atoms with van der Waals surface area (Å²) >= 11 is 6.04. The fourth-order valence-electron chi connectivity index (χ4n) is 4.46. The Morgan fingerprint density at radius 1 is 0.941 bits per heavy atom. The molecule has 0 radical (unpaired) electrons. The molecule has 1 N–H and O–H groups in total. The molecule has 1 amide bonds. The van der Waals surface area contributed by atoms with Crippen molar-refractivity contribution in [2.45, 2.75) is 13.5 Å². The van der Waals surface area contributed by atoms with Gasteiger partial charge >= 0.3 is 0 Å². The van der Waals surface area contributed by atoms with E-state index in [1.54, 1.807) is 0 Å². The molecule has 0 bridgehead atoms. The largest absolute Gasteiger partial charge is 0.368 e. The molecule has 1 aliphatic heterocycles. The Bertz CT molecular complexity index is 1310. The van der Waals surface area contributed by atoms with Crippen molar-refractivity contribution in [2.75, 3.05) is 36.0 Å². The maximum atomic E-state index is 12.9. The molecule has 5 nitrogen and oxygen atoms in total. The number of anilines is 2. The number of hydrogen-bond donors (Lipinski definition) is 1. The molecule has 0 spiro atoms. The minimum Gasteiger partial charge on any atom is -0.368 e. The van der Waals surface area contributed by atoms with Crippen molar-refractivity contribution in [2.24, 2.45) is 0 Å². The van der Waals surface area contributed by atoms with Gasteiger partial charge in [0.15, 0.2) is 0 Å². The van der Waals surface area contributed by atoms with Crippen LogP contribution in [0.15, 0.2) is 79.0 Å². The van der Waals surface area contributed by atoms with Crippen LogP contribution < -0.4 is 15.1 Å². The molecule has 0 aliphatic carbocycles. The Kier molecular flexibility index (Phi) is 6.37. The molecule has 0 saturated carbocycles.